The summed E-state index contributed by atoms with van der Waals surface area (Å²) >= 11 is 1.70. The molecule has 0 saturated carbocycles. The van der Waals surface area contributed by atoms with Gasteiger partial charge >= 0.3 is 0 Å². The van der Waals surface area contributed by atoms with Crippen LogP contribution in [0.25, 0.3) is 17.1 Å². The highest BCUT2D eigenvalue weighted by Gasteiger charge is 2.20. The third kappa shape index (κ3) is 4.12. The summed E-state index contributed by atoms with van der Waals surface area (Å²) in [5.41, 5.74) is 5.63. The number of aromatic nitrogens is 3. The number of hydrogen-bond donors (Lipinski definition) is 1. The first-order valence-corrected chi connectivity index (χ1v) is 11.8. The summed E-state index contributed by atoms with van der Waals surface area (Å²) in [6, 6.07) is 28.6. The molecule has 0 atom stereocenters. The topological polar surface area (TPSA) is 50.7 Å². The van der Waals surface area contributed by atoms with Crippen molar-refractivity contribution in [2.24, 2.45) is 0 Å². The molecule has 158 valence electrons. The van der Waals surface area contributed by atoms with Crippen molar-refractivity contribution in [2.75, 3.05) is 6.26 Å². The molecule has 2 aliphatic heterocycles. The van der Waals surface area contributed by atoms with E-state index in [1.54, 1.807) is 16.3 Å². The van der Waals surface area contributed by atoms with Crippen molar-refractivity contribution in [1.82, 2.24) is 14.5 Å². The Morgan fingerprint density at radius 1 is 0.875 bits per heavy atom. The molecule has 5 heteroatoms. The second kappa shape index (κ2) is 8.89. The number of H-pyrrole nitrogens is 1. The van der Waals surface area contributed by atoms with Crippen LogP contribution in [0.2, 0.25) is 0 Å². The molecule has 5 rings (SSSR count). The molecule has 2 aliphatic rings. The Bertz CT molecular complexity index is 1370. The quantitative estimate of drug-likeness (QED) is 0.353. The maximum Gasteiger partial charge on any atom is 0.278 e. The monoisotopic (exact) mass is 437 g/mol. The number of nitrogens with zero attached hydrogens (tertiary/aromatic N) is 2. The van der Waals surface area contributed by atoms with E-state index in [-0.39, 0.29) is 5.56 Å². The molecule has 0 saturated heterocycles. The fourth-order valence-corrected chi connectivity index (χ4v) is 4.44. The van der Waals surface area contributed by atoms with Gasteiger partial charge in [-0.2, -0.15) is 0 Å². The Labute approximate surface area is 191 Å². The van der Waals surface area contributed by atoms with E-state index in [1.165, 1.54) is 10.5 Å². The van der Waals surface area contributed by atoms with Crippen molar-refractivity contribution >= 4 is 11.8 Å². The molecular formula is C27H23N3OS. The van der Waals surface area contributed by atoms with E-state index in [0.29, 0.717) is 24.4 Å². The van der Waals surface area contributed by atoms with Crippen LogP contribution in [0.1, 0.15) is 22.5 Å². The molecule has 2 heterocycles. The number of imidazole rings is 1. The molecule has 4 nitrogen and oxygen atoms in total. The molecule has 0 amide bonds. The van der Waals surface area contributed by atoms with Crippen LogP contribution in [0, 0.1) is 0 Å². The molecule has 0 aromatic heterocycles. The first-order chi connectivity index (χ1) is 15.7. The smallest absolute Gasteiger partial charge is 0.278 e. The predicted octanol–water partition coefficient (Wildman–Crippen LogP) is 5.57. The largest absolute Gasteiger partial charge is 0.354 e. The van der Waals surface area contributed by atoms with Gasteiger partial charge in [0.2, 0.25) is 0 Å². The lowest BCUT2D eigenvalue weighted by atomic mass is 10.1. The lowest BCUT2D eigenvalue weighted by molar-refractivity contribution is 0.914. The van der Waals surface area contributed by atoms with Crippen molar-refractivity contribution in [3.63, 3.8) is 0 Å². The van der Waals surface area contributed by atoms with Gasteiger partial charge < -0.3 is 4.98 Å². The van der Waals surface area contributed by atoms with Gasteiger partial charge in [-0.1, -0.05) is 72.8 Å². The fraction of sp³-hybridized carbons (Fsp3) is 0.111. The lowest BCUT2D eigenvalue weighted by Gasteiger charge is -2.13. The second-order valence-corrected chi connectivity index (χ2v) is 8.64. The highest BCUT2D eigenvalue weighted by atomic mass is 32.2. The van der Waals surface area contributed by atoms with Crippen LogP contribution in [0.15, 0.2) is 101 Å². The molecule has 0 aliphatic carbocycles. The van der Waals surface area contributed by atoms with E-state index in [1.807, 2.05) is 60.8 Å². The van der Waals surface area contributed by atoms with Crippen LogP contribution in [0.3, 0.4) is 0 Å². The number of fused-ring (bicyclic) bond motifs is 1. The van der Waals surface area contributed by atoms with Crippen molar-refractivity contribution < 1.29 is 0 Å². The van der Waals surface area contributed by atoms with Crippen LogP contribution < -0.4 is 5.56 Å². The molecule has 3 aromatic carbocycles. The third-order valence-corrected chi connectivity index (χ3v) is 6.29. The number of hydrogen-bond acceptors (Lipinski definition) is 3. The molecule has 0 bridgehead atoms. The van der Waals surface area contributed by atoms with E-state index >= 15 is 0 Å². The SMILES string of the molecule is CSc1cccc(Cc2nc3c(Cc4ccccc4)[nH]c(-c4ccccc4)cn-3c2=O)c1. The lowest BCUT2D eigenvalue weighted by Crippen LogP contribution is -2.17. The van der Waals surface area contributed by atoms with Gasteiger partial charge in [0.15, 0.2) is 5.82 Å². The van der Waals surface area contributed by atoms with Crippen LogP contribution in [0.5, 0.6) is 0 Å². The summed E-state index contributed by atoms with van der Waals surface area (Å²) in [6.07, 6.45) is 5.11. The fourth-order valence-electron chi connectivity index (χ4n) is 3.96. The van der Waals surface area contributed by atoms with Crippen LogP contribution >= 0.6 is 11.8 Å². The Hall–Kier alpha value is -3.57. The molecule has 0 unspecified atom stereocenters. The van der Waals surface area contributed by atoms with E-state index in [9.17, 15) is 4.79 Å². The van der Waals surface area contributed by atoms with Crippen molar-refractivity contribution in [2.45, 2.75) is 17.7 Å². The van der Waals surface area contributed by atoms with Gasteiger partial charge in [0.25, 0.3) is 5.56 Å². The Balaban J connectivity index is 1.63. The first kappa shape index (κ1) is 20.3. The highest BCUT2D eigenvalue weighted by Crippen LogP contribution is 2.24. The minimum absolute atomic E-state index is 0.0601. The van der Waals surface area contributed by atoms with Crippen LogP contribution in [-0.2, 0) is 12.8 Å². The van der Waals surface area contributed by atoms with Crippen molar-refractivity contribution in [3.8, 4) is 17.1 Å². The summed E-state index contributed by atoms with van der Waals surface area (Å²) in [5.74, 6) is 0.689. The van der Waals surface area contributed by atoms with Crippen molar-refractivity contribution in [3.05, 3.63) is 124 Å². The van der Waals surface area contributed by atoms with E-state index in [2.05, 4.69) is 41.6 Å². The molecule has 32 heavy (non-hydrogen) atoms. The summed E-state index contributed by atoms with van der Waals surface area (Å²) in [5, 5.41) is 0. The summed E-state index contributed by atoms with van der Waals surface area (Å²) in [6.45, 7) is 0. The van der Waals surface area contributed by atoms with E-state index < -0.39 is 0 Å². The number of rotatable bonds is 6. The second-order valence-electron chi connectivity index (χ2n) is 7.76. The molecule has 1 N–H and O–H groups in total. The zero-order valence-electron chi connectivity index (χ0n) is 17.8. The number of aromatic amines is 1. The third-order valence-electron chi connectivity index (χ3n) is 5.56. The standard InChI is InChI=1S/C27H23N3OS/c1-32-22-14-8-11-20(15-22)17-24-27(31)30-18-25(21-12-6-3-7-13-21)28-23(26(30)29-24)16-19-9-4-2-5-10-19/h2-15,18,28H,16-17H2,1H3. The average Bonchev–Trinajstić information content (AvgIpc) is 3.16. The van der Waals surface area contributed by atoms with Gasteiger partial charge in [-0.25, -0.2) is 4.98 Å². The van der Waals surface area contributed by atoms with Gasteiger partial charge in [-0.05, 0) is 35.1 Å². The molecule has 3 aromatic rings. The minimum Gasteiger partial charge on any atom is -0.354 e. The summed E-state index contributed by atoms with van der Waals surface area (Å²) in [4.78, 5) is 22.9. The maximum atomic E-state index is 13.4. The van der Waals surface area contributed by atoms with E-state index in [0.717, 1.165) is 22.5 Å². The first-order valence-electron chi connectivity index (χ1n) is 10.6. The highest BCUT2D eigenvalue weighted by molar-refractivity contribution is 7.98. The zero-order valence-corrected chi connectivity index (χ0v) is 18.6. The summed E-state index contributed by atoms with van der Waals surface area (Å²) in [7, 11) is 0. The number of thioether (sulfide) groups is 1. The number of nitrogens with one attached hydrogen (secondary N) is 1. The minimum atomic E-state index is -0.0601. The van der Waals surface area contributed by atoms with Crippen LogP contribution in [-0.4, -0.2) is 20.8 Å². The predicted molar refractivity (Wildman–Crippen MR) is 131 cm³/mol. The normalized spacial score (nSPS) is 11.2. The molecular weight excluding hydrogens is 414 g/mol. The Morgan fingerprint density at radius 2 is 1.59 bits per heavy atom. The zero-order chi connectivity index (χ0) is 21.9. The van der Waals surface area contributed by atoms with Gasteiger partial charge in [0.05, 0.1) is 11.4 Å². The van der Waals surface area contributed by atoms with Gasteiger partial charge in [0, 0.05) is 23.9 Å². The van der Waals surface area contributed by atoms with E-state index in [4.69, 9.17) is 4.98 Å². The maximum absolute atomic E-state index is 13.4. The Morgan fingerprint density at radius 3 is 2.34 bits per heavy atom. The van der Waals surface area contributed by atoms with Crippen molar-refractivity contribution in [1.29, 1.82) is 0 Å². The van der Waals surface area contributed by atoms with Crippen LogP contribution in [0.4, 0.5) is 0 Å². The Kier molecular flexibility index (Phi) is 5.65. The molecule has 0 fully saturated rings. The average molecular weight is 438 g/mol. The molecule has 0 radical (unpaired) electrons. The molecule has 0 spiro atoms. The van der Waals surface area contributed by atoms with Gasteiger partial charge in [-0.15, -0.1) is 11.8 Å². The number of benzene rings is 3. The van der Waals surface area contributed by atoms with Gasteiger partial charge in [-0.3, -0.25) is 9.36 Å². The summed E-state index contributed by atoms with van der Waals surface area (Å²) < 4.78 is 1.70. The van der Waals surface area contributed by atoms with Gasteiger partial charge in [0.1, 0.15) is 5.69 Å².